The summed E-state index contributed by atoms with van der Waals surface area (Å²) in [6, 6.07) is 0.765. The van der Waals surface area contributed by atoms with E-state index in [0.29, 0.717) is 5.54 Å². The molecular weight excluding hydrogens is 184 g/mol. The molecule has 15 heavy (non-hydrogen) atoms. The van der Waals surface area contributed by atoms with E-state index in [9.17, 15) is 0 Å². The molecule has 2 nitrogen and oxygen atoms in total. The first-order valence-electron chi connectivity index (χ1n) is 6.57. The molecule has 1 aliphatic carbocycles. The van der Waals surface area contributed by atoms with Crippen LogP contribution in [0.4, 0.5) is 0 Å². The molecule has 2 aliphatic rings. The Balaban J connectivity index is 1.84. The SMILES string of the molecule is CC1CCC(NC2(C)CCNC2)CC1C. The fourth-order valence-corrected chi connectivity index (χ4v) is 3.11. The minimum Gasteiger partial charge on any atom is -0.315 e. The summed E-state index contributed by atoms with van der Waals surface area (Å²) in [4.78, 5) is 0. The van der Waals surface area contributed by atoms with Crippen LogP contribution in [0, 0.1) is 11.8 Å². The summed E-state index contributed by atoms with van der Waals surface area (Å²) in [6.07, 6.45) is 5.44. The van der Waals surface area contributed by atoms with E-state index in [0.717, 1.165) is 24.4 Å². The molecule has 0 spiro atoms. The lowest BCUT2D eigenvalue weighted by Gasteiger charge is -2.37. The summed E-state index contributed by atoms with van der Waals surface area (Å²) < 4.78 is 0. The average molecular weight is 210 g/mol. The lowest BCUT2D eigenvalue weighted by molar-refractivity contribution is 0.194. The van der Waals surface area contributed by atoms with Gasteiger partial charge in [-0.3, -0.25) is 0 Å². The highest BCUT2D eigenvalue weighted by atomic mass is 15.1. The average Bonchev–Trinajstić information content (AvgIpc) is 2.59. The van der Waals surface area contributed by atoms with Gasteiger partial charge in [-0.1, -0.05) is 13.8 Å². The van der Waals surface area contributed by atoms with Gasteiger partial charge >= 0.3 is 0 Å². The van der Waals surface area contributed by atoms with E-state index in [1.54, 1.807) is 0 Å². The predicted octanol–water partition coefficient (Wildman–Crippen LogP) is 2.15. The Morgan fingerprint density at radius 1 is 1.20 bits per heavy atom. The molecule has 4 atom stereocenters. The second kappa shape index (κ2) is 4.42. The minimum atomic E-state index is 0.366. The van der Waals surface area contributed by atoms with Gasteiger partial charge in [0.05, 0.1) is 0 Å². The topological polar surface area (TPSA) is 24.1 Å². The van der Waals surface area contributed by atoms with E-state index >= 15 is 0 Å². The summed E-state index contributed by atoms with van der Waals surface area (Å²) >= 11 is 0. The van der Waals surface area contributed by atoms with Crippen molar-refractivity contribution in [1.82, 2.24) is 10.6 Å². The number of nitrogens with one attached hydrogen (secondary N) is 2. The summed E-state index contributed by atoms with van der Waals surface area (Å²) in [6.45, 7) is 9.51. The van der Waals surface area contributed by atoms with E-state index < -0.39 is 0 Å². The van der Waals surface area contributed by atoms with Gasteiger partial charge in [0.25, 0.3) is 0 Å². The minimum absolute atomic E-state index is 0.366. The molecule has 1 saturated carbocycles. The van der Waals surface area contributed by atoms with Crippen LogP contribution in [0.5, 0.6) is 0 Å². The van der Waals surface area contributed by atoms with Crippen molar-refractivity contribution in [2.45, 2.75) is 58.0 Å². The molecule has 88 valence electrons. The van der Waals surface area contributed by atoms with Crippen LogP contribution >= 0.6 is 0 Å². The maximum absolute atomic E-state index is 3.88. The van der Waals surface area contributed by atoms with E-state index in [4.69, 9.17) is 0 Å². The third-order valence-corrected chi connectivity index (χ3v) is 4.52. The first kappa shape index (κ1) is 11.4. The first-order valence-corrected chi connectivity index (χ1v) is 6.57. The Bertz CT molecular complexity index is 209. The van der Waals surface area contributed by atoms with Crippen molar-refractivity contribution in [2.24, 2.45) is 11.8 Å². The Hall–Kier alpha value is -0.0800. The third kappa shape index (κ3) is 2.73. The van der Waals surface area contributed by atoms with Crippen molar-refractivity contribution < 1.29 is 0 Å². The zero-order chi connectivity index (χ0) is 10.9. The summed E-state index contributed by atoms with van der Waals surface area (Å²) in [7, 11) is 0. The van der Waals surface area contributed by atoms with Crippen molar-refractivity contribution in [1.29, 1.82) is 0 Å². The maximum atomic E-state index is 3.88. The van der Waals surface area contributed by atoms with Crippen molar-refractivity contribution in [3.05, 3.63) is 0 Å². The number of rotatable bonds is 2. The van der Waals surface area contributed by atoms with E-state index in [2.05, 4.69) is 31.4 Å². The second-order valence-electron chi connectivity index (χ2n) is 6.10. The number of hydrogen-bond donors (Lipinski definition) is 2. The Kier molecular flexibility index (Phi) is 3.36. The fourth-order valence-electron chi connectivity index (χ4n) is 3.11. The van der Waals surface area contributed by atoms with Crippen LogP contribution in [-0.4, -0.2) is 24.7 Å². The molecule has 2 heteroatoms. The van der Waals surface area contributed by atoms with E-state index in [-0.39, 0.29) is 0 Å². The van der Waals surface area contributed by atoms with Gasteiger partial charge in [-0.2, -0.15) is 0 Å². The van der Waals surface area contributed by atoms with Crippen molar-refractivity contribution >= 4 is 0 Å². The van der Waals surface area contributed by atoms with Crippen molar-refractivity contribution in [3.63, 3.8) is 0 Å². The molecular formula is C13H26N2. The lowest BCUT2D eigenvalue weighted by atomic mass is 9.78. The molecule has 0 aromatic rings. The van der Waals surface area contributed by atoms with Crippen LogP contribution in [0.1, 0.15) is 46.5 Å². The van der Waals surface area contributed by atoms with E-state index in [1.807, 2.05) is 0 Å². The van der Waals surface area contributed by atoms with Gasteiger partial charge in [-0.15, -0.1) is 0 Å². The van der Waals surface area contributed by atoms with Crippen LogP contribution in [0.2, 0.25) is 0 Å². The molecule has 4 unspecified atom stereocenters. The van der Waals surface area contributed by atoms with Gasteiger partial charge in [0, 0.05) is 18.1 Å². The molecule has 0 aromatic heterocycles. The first-order chi connectivity index (χ1) is 7.09. The quantitative estimate of drug-likeness (QED) is 0.730. The predicted molar refractivity (Wildman–Crippen MR) is 65.0 cm³/mol. The van der Waals surface area contributed by atoms with Crippen LogP contribution in [0.3, 0.4) is 0 Å². The third-order valence-electron chi connectivity index (χ3n) is 4.52. The van der Waals surface area contributed by atoms with Gasteiger partial charge in [0.15, 0.2) is 0 Å². The standard InChI is InChI=1S/C13H26N2/c1-10-4-5-12(8-11(10)2)15-13(3)6-7-14-9-13/h10-12,14-15H,4-9H2,1-3H3. The van der Waals surface area contributed by atoms with Crippen molar-refractivity contribution in [3.8, 4) is 0 Å². The summed E-state index contributed by atoms with van der Waals surface area (Å²) in [5, 5.41) is 7.34. The summed E-state index contributed by atoms with van der Waals surface area (Å²) in [5.41, 5.74) is 0.366. The molecule has 2 N–H and O–H groups in total. The molecule has 0 radical (unpaired) electrons. The Morgan fingerprint density at radius 3 is 2.60 bits per heavy atom. The molecule has 1 saturated heterocycles. The Labute approximate surface area is 94.2 Å². The van der Waals surface area contributed by atoms with Crippen LogP contribution in [0.15, 0.2) is 0 Å². The van der Waals surface area contributed by atoms with E-state index in [1.165, 1.54) is 32.2 Å². The van der Waals surface area contributed by atoms with Crippen LogP contribution < -0.4 is 10.6 Å². The lowest BCUT2D eigenvalue weighted by Crippen LogP contribution is -2.51. The zero-order valence-corrected chi connectivity index (χ0v) is 10.5. The zero-order valence-electron chi connectivity index (χ0n) is 10.5. The highest BCUT2D eigenvalue weighted by Crippen LogP contribution is 2.30. The van der Waals surface area contributed by atoms with Gasteiger partial charge in [-0.05, 0) is 51.0 Å². The van der Waals surface area contributed by atoms with Crippen molar-refractivity contribution in [2.75, 3.05) is 13.1 Å². The van der Waals surface area contributed by atoms with Gasteiger partial charge in [0.1, 0.15) is 0 Å². The van der Waals surface area contributed by atoms with Crippen LogP contribution in [0.25, 0.3) is 0 Å². The maximum Gasteiger partial charge on any atom is 0.0292 e. The molecule has 0 bridgehead atoms. The molecule has 0 aromatic carbocycles. The highest BCUT2D eigenvalue weighted by molar-refractivity contribution is 4.95. The fraction of sp³-hybridized carbons (Fsp3) is 1.00. The molecule has 1 heterocycles. The smallest absolute Gasteiger partial charge is 0.0292 e. The number of hydrogen-bond acceptors (Lipinski definition) is 2. The highest BCUT2D eigenvalue weighted by Gasteiger charge is 2.33. The van der Waals surface area contributed by atoms with Gasteiger partial charge < -0.3 is 10.6 Å². The molecule has 2 rings (SSSR count). The Morgan fingerprint density at radius 2 is 2.00 bits per heavy atom. The monoisotopic (exact) mass is 210 g/mol. The molecule has 0 amide bonds. The summed E-state index contributed by atoms with van der Waals surface area (Å²) in [5.74, 6) is 1.83. The second-order valence-corrected chi connectivity index (χ2v) is 6.10. The molecule has 1 aliphatic heterocycles. The molecule has 2 fully saturated rings. The largest absolute Gasteiger partial charge is 0.315 e. The van der Waals surface area contributed by atoms with Gasteiger partial charge in [0.2, 0.25) is 0 Å². The normalized spacial score (nSPS) is 47.0. The van der Waals surface area contributed by atoms with Crippen LogP contribution in [-0.2, 0) is 0 Å². The van der Waals surface area contributed by atoms with Gasteiger partial charge in [-0.25, -0.2) is 0 Å².